The summed E-state index contributed by atoms with van der Waals surface area (Å²) in [6.07, 6.45) is 0. The summed E-state index contributed by atoms with van der Waals surface area (Å²) < 4.78 is 0. The number of halogens is 1. The minimum Gasteiger partial charge on any atom is -0.350 e. The van der Waals surface area contributed by atoms with Gasteiger partial charge in [-0.1, -0.05) is 18.2 Å². The molecule has 20 heavy (non-hydrogen) atoms. The van der Waals surface area contributed by atoms with E-state index in [9.17, 15) is 9.59 Å². The molecule has 0 aliphatic carbocycles. The Morgan fingerprint density at radius 3 is 2.65 bits per heavy atom. The molecule has 6 heteroatoms. The maximum Gasteiger partial charge on any atom is 0.252 e. The third kappa shape index (κ3) is 3.82. The fourth-order valence-electron chi connectivity index (χ4n) is 1.80. The van der Waals surface area contributed by atoms with Crippen molar-refractivity contribution < 1.29 is 4.79 Å². The van der Waals surface area contributed by atoms with Crippen LogP contribution in [0.1, 0.15) is 24.2 Å². The van der Waals surface area contributed by atoms with Crippen LogP contribution in [0.5, 0.6) is 0 Å². The lowest BCUT2D eigenvalue weighted by Crippen LogP contribution is -2.45. The smallest absolute Gasteiger partial charge is 0.252 e. The van der Waals surface area contributed by atoms with E-state index in [4.69, 9.17) is 5.73 Å². The van der Waals surface area contributed by atoms with E-state index in [1.165, 1.54) is 6.07 Å². The Morgan fingerprint density at radius 1 is 1.35 bits per heavy atom. The topological polar surface area (TPSA) is 88.0 Å². The predicted molar refractivity (Wildman–Crippen MR) is 82.4 cm³/mol. The second-order valence-corrected chi connectivity index (χ2v) is 5.26. The van der Waals surface area contributed by atoms with E-state index in [2.05, 4.69) is 10.3 Å². The summed E-state index contributed by atoms with van der Waals surface area (Å²) in [5, 5.41) is 3.46. The molecule has 0 saturated heterocycles. The van der Waals surface area contributed by atoms with Gasteiger partial charge >= 0.3 is 0 Å². The van der Waals surface area contributed by atoms with Gasteiger partial charge in [0.15, 0.2) is 0 Å². The molecule has 0 spiro atoms. The fourth-order valence-corrected chi connectivity index (χ4v) is 1.80. The summed E-state index contributed by atoms with van der Waals surface area (Å²) in [4.78, 5) is 26.4. The van der Waals surface area contributed by atoms with E-state index < -0.39 is 5.54 Å². The highest BCUT2D eigenvalue weighted by molar-refractivity contribution is 6.05. The molecular formula is C14H18ClN3O2. The number of benzene rings is 1. The highest BCUT2D eigenvalue weighted by atomic mass is 35.5. The average molecular weight is 296 g/mol. The highest BCUT2D eigenvalue weighted by Gasteiger charge is 2.15. The van der Waals surface area contributed by atoms with E-state index in [0.717, 1.165) is 5.39 Å². The van der Waals surface area contributed by atoms with Gasteiger partial charge < -0.3 is 16.0 Å². The van der Waals surface area contributed by atoms with E-state index >= 15 is 0 Å². The summed E-state index contributed by atoms with van der Waals surface area (Å²) in [6.45, 7) is 3.99. The monoisotopic (exact) mass is 295 g/mol. The summed E-state index contributed by atoms with van der Waals surface area (Å²) in [6, 6.07) is 8.50. The zero-order chi connectivity index (χ0) is 14.0. The number of H-pyrrole nitrogens is 1. The lowest BCUT2D eigenvalue weighted by molar-refractivity contribution is 0.0947. The van der Waals surface area contributed by atoms with Gasteiger partial charge in [0.1, 0.15) is 0 Å². The Labute approximate surface area is 123 Å². The van der Waals surface area contributed by atoms with Gasteiger partial charge in [-0.25, -0.2) is 0 Å². The number of amides is 1. The van der Waals surface area contributed by atoms with Crippen LogP contribution < -0.4 is 16.6 Å². The molecule has 0 aliphatic heterocycles. The van der Waals surface area contributed by atoms with Gasteiger partial charge in [-0.15, -0.1) is 12.4 Å². The van der Waals surface area contributed by atoms with Gasteiger partial charge in [-0.05, 0) is 19.9 Å². The molecule has 0 bridgehead atoms. The van der Waals surface area contributed by atoms with Crippen molar-refractivity contribution in [3.8, 4) is 0 Å². The minimum atomic E-state index is -0.493. The van der Waals surface area contributed by atoms with Crippen molar-refractivity contribution >= 4 is 29.2 Å². The van der Waals surface area contributed by atoms with E-state index in [1.807, 2.05) is 26.0 Å². The molecule has 0 atom stereocenters. The normalized spacial score (nSPS) is 10.9. The SMILES string of the molecule is CC(C)(N)CNC(=O)c1cc(=O)[nH]c2ccccc12.Cl. The van der Waals surface area contributed by atoms with Crippen LogP contribution in [0.15, 0.2) is 35.1 Å². The number of hydrogen-bond acceptors (Lipinski definition) is 3. The summed E-state index contributed by atoms with van der Waals surface area (Å²) in [5.41, 5.74) is 6.04. The molecule has 1 aromatic heterocycles. The molecule has 1 amide bonds. The van der Waals surface area contributed by atoms with Gasteiger partial charge in [0, 0.05) is 29.1 Å². The van der Waals surface area contributed by atoms with Crippen LogP contribution in [0, 0.1) is 0 Å². The highest BCUT2D eigenvalue weighted by Crippen LogP contribution is 2.14. The van der Waals surface area contributed by atoms with Crippen LogP contribution in [0.4, 0.5) is 0 Å². The van der Waals surface area contributed by atoms with Crippen LogP contribution >= 0.6 is 12.4 Å². The van der Waals surface area contributed by atoms with Crippen molar-refractivity contribution in [3.05, 3.63) is 46.2 Å². The number of nitrogens with two attached hydrogens (primary N) is 1. The molecule has 0 saturated carbocycles. The number of para-hydroxylation sites is 1. The Hall–Kier alpha value is -1.85. The summed E-state index contributed by atoms with van der Waals surface area (Å²) in [7, 11) is 0. The van der Waals surface area contributed by atoms with E-state index in [1.54, 1.807) is 12.1 Å². The second kappa shape index (κ2) is 6.07. The van der Waals surface area contributed by atoms with Crippen LogP contribution in [-0.2, 0) is 0 Å². The quantitative estimate of drug-likeness (QED) is 0.800. The standard InChI is InChI=1S/C14H17N3O2.ClH/c1-14(2,15)8-16-13(19)10-7-12(18)17-11-6-4-3-5-9(10)11;/h3-7H,8,15H2,1-2H3,(H,16,19)(H,17,18);1H. The van der Waals surface area contributed by atoms with E-state index in [0.29, 0.717) is 17.6 Å². The minimum absolute atomic E-state index is 0. The van der Waals surface area contributed by atoms with Gasteiger partial charge in [-0.2, -0.15) is 0 Å². The molecule has 108 valence electrons. The number of fused-ring (bicyclic) bond motifs is 1. The first-order valence-corrected chi connectivity index (χ1v) is 6.06. The van der Waals surface area contributed by atoms with Crippen LogP contribution in [0.2, 0.25) is 0 Å². The van der Waals surface area contributed by atoms with Crippen molar-refractivity contribution in [2.24, 2.45) is 5.73 Å². The molecule has 0 aliphatic rings. The molecule has 4 N–H and O–H groups in total. The molecule has 1 heterocycles. The number of hydrogen-bond donors (Lipinski definition) is 3. The van der Waals surface area contributed by atoms with Crippen molar-refractivity contribution in [3.63, 3.8) is 0 Å². The number of pyridine rings is 1. The van der Waals surface area contributed by atoms with E-state index in [-0.39, 0.29) is 23.9 Å². The molecule has 0 fully saturated rings. The summed E-state index contributed by atoms with van der Waals surface area (Å²) >= 11 is 0. The Kier molecular flexibility index (Phi) is 4.92. The van der Waals surface area contributed by atoms with Crippen molar-refractivity contribution in [2.75, 3.05) is 6.54 Å². The zero-order valence-electron chi connectivity index (χ0n) is 11.4. The Morgan fingerprint density at radius 2 is 2.00 bits per heavy atom. The third-order valence-corrected chi connectivity index (χ3v) is 2.70. The molecule has 0 radical (unpaired) electrons. The molecule has 2 rings (SSSR count). The Balaban J connectivity index is 0.00000200. The van der Waals surface area contributed by atoms with Crippen molar-refractivity contribution in [1.82, 2.24) is 10.3 Å². The van der Waals surface area contributed by atoms with Crippen molar-refractivity contribution in [2.45, 2.75) is 19.4 Å². The number of carbonyl (C=O) groups is 1. The molecule has 2 aromatic rings. The number of aromatic amines is 1. The number of carbonyl (C=O) groups excluding carboxylic acids is 1. The number of nitrogens with one attached hydrogen (secondary N) is 2. The lowest BCUT2D eigenvalue weighted by atomic mass is 10.1. The Bertz CT molecular complexity index is 674. The molecule has 5 nitrogen and oxygen atoms in total. The molecule has 1 aromatic carbocycles. The van der Waals surface area contributed by atoms with Crippen LogP contribution in [0.3, 0.4) is 0 Å². The maximum atomic E-state index is 12.1. The molecular weight excluding hydrogens is 278 g/mol. The first-order valence-electron chi connectivity index (χ1n) is 6.06. The summed E-state index contributed by atoms with van der Waals surface area (Å²) in [5.74, 6) is -0.291. The zero-order valence-corrected chi connectivity index (χ0v) is 12.2. The average Bonchev–Trinajstić information content (AvgIpc) is 2.34. The first kappa shape index (κ1) is 16.2. The van der Waals surface area contributed by atoms with Gasteiger partial charge in [0.25, 0.3) is 5.91 Å². The fraction of sp³-hybridized carbons (Fsp3) is 0.286. The van der Waals surface area contributed by atoms with Gasteiger partial charge in [0.2, 0.25) is 5.56 Å². The van der Waals surface area contributed by atoms with Crippen LogP contribution in [-0.4, -0.2) is 23.0 Å². The van der Waals surface area contributed by atoms with Crippen LogP contribution in [0.25, 0.3) is 10.9 Å². The number of rotatable bonds is 3. The largest absolute Gasteiger partial charge is 0.350 e. The van der Waals surface area contributed by atoms with Gasteiger partial charge in [0.05, 0.1) is 5.56 Å². The van der Waals surface area contributed by atoms with Crippen molar-refractivity contribution in [1.29, 1.82) is 0 Å². The third-order valence-electron chi connectivity index (χ3n) is 2.70. The predicted octanol–water partition coefficient (Wildman–Crippen LogP) is 1.42. The lowest BCUT2D eigenvalue weighted by Gasteiger charge is -2.19. The first-order chi connectivity index (χ1) is 8.87. The maximum absolute atomic E-state index is 12.1. The second-order valence-electron chi connectivity index (χ2n) is 5.26. The van der Waals surface area contributed by atoms with Gasteiger partial charge in [-0.3, -0.25) is 9.59 Å². The number of aromatic nitrogens is 1. The molecule has 0 unspecified atom stereocenters.